The second-order valence-electron chi connectivity index (χ2n) is 9.53. The summed E-state index contributed by atoms with van der Waals surface area (Å²) in [7, 11) is 0. The van der Waals surface area contributed by atoms with E-state index in [1.165, 1.54) is 0 Å². The van der Waals surface area contributed by atoms with Crippen molar-refractivity contribution in [1.82, 2.24) is 37.2 Å². The summed E-state index contributed by atoms with van der Waals surface area (Å²) >= 11 is 0. The third kappa shape index (κ3) is 14.1. The van der Waals surface area contributed by atoms with Crippen LogP contribution in [0.3, 0.4) is 0 Å². The molecular formula is C24H40N8O9. The molecule has 10 N–H and O–H groups in total. The SMILES string of the molecule is CC[C@H](C)[C@H](NC(=O)[C@H](CCC(N)=O)NC(=O)[C@@H]1CCCN1)C(=O)NCC(=O)NCC(=O)NCC(=O)NCC(=O)O. The van der Waals surface area contributed by atoms with Crippen molar-refractivity contribution in [2.75, 3.05) is 32.7 Å². The van der Waals surface area contributed by atoms with E-state index in [1.807, 2.05) is 0 Å². The fourth-order valence-electron chi connectivity index (χ4n) is 3.69. The number of carbonyl (C=O) groups is 8. The molecule has 0 aliphatic carbocycles. The van der Waals surface area contributed by atoms with Crippen molar-refractivity contribution in [1.29, 1.82) is 0 Å². The third-order valence-electron chi connectivity index (χ3n) is 6.23. The van der Waals surface area contributed by atoms with E-state index < -0.39 is 91.6 Å². The Balaban J connectivity index is 2.64. The van der Waals surface area contributed by atoms with E-state index in [0.29, 0.717) is 19.4 Å². The minimum atomic E-state index is -1.25. The fourth-order valence-corrected chi connectivity index (χ4v) is 3.69. The van der Waals surface area contributed by atoms with Crippen molar-refractivity contribution in [3.63, 3.8) is 0 Å². The first-order chi connectivity index (χ1) is 19.3. The first-order valence-corrected chi connectivity index (χ1v) is 13.3. The van der Waals surface area contributed by atoms with Crippen LogP contribution in [0.2, 0.25) is 0 Å². The summed E-state index contributed by atoms with van der Waals surface area (Å²) < 4.78 is 0. The van der Waals surface area contributed by atoms with Gasteiger partial charge < -0.3 is 48.1 Å². The van der Waals surface area contributed by atoms with Crippen molar-refractivity contribution in [3.8, 4) is 0 Å². The van der Waals surface area contributed by atoms with E-state index in [0.717, 1.165) is 6.42 Å². The predicted molar refractivity (Wildman–Crippen MR) is 142 cm³/mol. The van der Waals surface area contributed by atoms with E-state index in [1.54, 1.807) is 13.8 Å². The Bertz CT molecular complexity index is 984. The molecule has 17 nitrogen and oxygen atoms in total. The largest absolute Gasteiger partial charge is 0.480 e. The molecule has 0 saturated carbocycles. The molecule has 1 aliphatic heterocycles. The summed E-state index contributed by atoms with van der Waals surface area (Å²) in [6.07, 6.45) is 1.64. The zero-order chi connectivity index (χ0) is 30.9. The third-order valence-corrected chi connectivity index (χ3v) is 6.23. The van der Waals surface area contributed by atoms with Gasteiger partial charge in [0.15, 0.2) is 0 Å². The molecule has 0 spiro atoms. The van der Waals surface area contributed by atoms with Crippen LogP contribution in [-0.2, 0) is 38.4 Å². The summed E-state index contributed by atoms with van der Waals surface area (Å²) in [6, 6.07) is -2.67. The van der Waals surface area contributed by atoms with Crippen molar-refractivity contribution in [3.05, 3.63) is 0 Å². The zero-order valence-corrected chi connectivity index (χ0v) is 23.2. The van der Waals surface area contributed by atoms with Crippen LogP contribution in [0.4, 0.5) is 0 Å². The number of hydrogen-bond donors (Lipinski definition) is 9. The Hall–Kier alpha value is -4.28. The maximum Gasteiger partial charge on any atom is 0.322 e. The lowest BCUT2D eigenvalue weighted by Crippen LogP contribution is -2.57. The summed E-state index contributed by atoms with van der Waals surface area (Å²) in [4.78, 5) is 95.6. The van der Waals surface area contributed by atoms with Crippen molar-refractivity contribution in [2.45, 2.75) is 64.1 Å². The van der Waals surface area contributed by atoms with Crippen LogP contribution in [-0.4, -0.2) is 103 Å². The molecule has 1 rings (SSSR count). The smallest absolute Gasteiger partial charge is 0.322 e. The van der Waals surface area contributed by atoms with Gasteiger partial charge in [0.2, 0.25) is 41.4 Å². The van der Waals surface area contributed by atoms with Crippen LogP contribution in [0.1, 0.15) is 46.0 Å². The summed E-state index contributed by atoms with van der Waals surface area (Å²) in [6.45, 7) is 2.03. The summed E-state index contributed by atoms with van der Waals surface area (Å²) in [5, 5.41) is 25.6. The monoisotopic (exact) mass is 584 g/mol. The number of aliphatic carboxylic acids is 1. The highest BCUT2D eigenvalue weighted by Gasteiger charge is 2.32. The number of carboxylic acids is 1. The normalized spacial score (nSPS) is 16.3. The number of primary amides is 1. The maximum atomic E-state index is 13.1. The fraction of sp³-hybridized carbons (Fsp3) is 0.667. The number of rotatable bonds is 18. The average molecular weight is 585 g/mol. The van der Waals surface area contributed by atoms with Crippen LogP contribution in [0.25, 0.3) is 0 Å². The van der Waals surface area contributed by atoms with Crippen molar-refractivity contribution in [2.24, 2.45) is 11.7 Å². The van der Waals surface area contributed by atoms with Crippen LogP contribution in [0.15, 0.2) is 0 Å². The second kappa shape index (κ2) is 18.1. The number of carbonyl (C=O) groups excluding carboxylic acids is 7. The summed E-state index contributed by atoms with van der Waals surface area (Å²) in [5.74, 6) is -6.24. The maximum absolute atomic E-state index is 13.1. The van der Waals surface area contributed by atoms with Crippen LogP contribution in [0.5, 0.6) is 0 Å². The topological polar surface area (TPSA) is 267 Å². The van der Waals surface area contributed by atoms with Crippen LogP contribution < -0.4 is 43.0 Å². The van der Waals surface area contributed by atoms with Gasteiger partial charge in [-0.25, -0.2) is 0 Å². The first-order valence-electron chi connectivity index (χ1n) is 13.3. The van der Waals surface area contributed by atoms with Crippen LogP contribution in [0, 0.1) is 5.92 Å². The lowest BCUT2D eigenvalue weighted by molar-refractivity contribution is -0.138. The molecular weight excluding hydrogens is 544 g/mol. The molecule has 17 heteroatoms. The van der Waals surface area contributed by atoms with Crippen LogP contribution >= 0.6 is 0 Å². The molecule has 230 valence electrons. The van der Waals surface area contributed by atoms with E-state index in [2.05, 4.69) is 37.2 Å². The molecule has 0 aromatic carbocycles. The zero-order valence-electron chi connectivity index (χ0n) is 23.2. The van der Waals surface area contributed by atoms with Gasteiger partial charge in [0, 0.05) is 6.42 Å². The molecule has 7 amide bonds. The van der Waals surface area contributed by atoms with Crippen molar-refractivity contribution < 1.29 is 43.5 Å². The molecule has 41 heavy (non-hydrogen) atoms. The Morgan fingerprint density at radius 2 is 1.41 bits per heavy atom. The van der Waals surface area contributed by atoms with E-state index in [4.69, 9.17) is 10.8 Å². The average Bonchev–Trinajstić information content (AvgIpc) is 3.48. The molecule has 1 aliphatic rings. The second-order valence-corrected chi connectivity index (χ2v) is 9.53. The minimum Gasteiger partial charge on any atom is -0.480 e. The number of hydrogen-bond acceptors (Lipinski definition) is 9. The van der Waals surface area contributed by atoms with E-state index in [9.17, 15) is 38.4 Å². The highest BCUT2D eigenvalue weighted by molar-refractivity contribution is 5.95. The minimum absolute atomic E-state index is 0.0693. The molecule has 0 aromatic heterocycles. The summed E-state index contributed by atoms with van der Waals surface area (Å²) in [5.41, 5.74) is 5.22. The van der Waals surface area contributed by atoms with Gasteiger partial charge in [-0.2, -0.15) is 0 Å². The molecule has 0 unspecified atom stereocenters. The number of carboxylic acid groups (broad SMARTS) is 1. The molecule has 0 aromatic rings. The van der Waals surface area contributed by atoms with Gasteiger partial charge in [-0.1, -0.05) is 20.3 Å². The highest BCUT2D eigenvalue weighted by Crippen LogP contribution is 2.10. The lowest BCUT2D eigenvalue weighted by Gasteiger charge is -2.27. The van der Waals surface area contributed by atoms with E-state index in [-0.39, 0.29) is 18.8 Å². The predicted octanol–water partition coefficient (Wildman–Crippen LogP) is -4.43. The van der Waals surface area contributed by atoms with Gasteiger partial charge >= 0.3 is 5.97 Å². The Kier molecular flexibility index (Phi) is 15.4. The lowest BCUT2D eigenvalue weighted by atomic mass is 9.97. The molecule has 0 bridgehead atoms. The number of nitrogens with two attached hydrogens (primary N) is 1. The van der Waals surface area contributed by atoms with Gasteiger partial charge in [0.05, 0.1) is 25.7 Å². The standard InChI is InChI=1S/C24H40N8O9/c1-3-13(2)21(32-23(40)15(6-7-16(25)33)31-22(39)14-5-4-8-26-14)24(41)30-11-19(36)28-9-17(34)27-10-18(35)29-12-20(37)38/h13-15,21,26H,3-12H2,1-2H3,(H2,25,33)(H,27,34)(H,28,36)(H,29,35)(H,30,41)(H,31,39)(H,32,40)(H,37,38)/t13-,14-,15-,21-/m0/s1. The Labute approximate surface area is 236 Å². The van der Waals surface area contributed by atoms with E-state index >= 15 is 0 Å². The molecule has 4 atom stereocenters. The number of nitrogens with one attached hydrogen (secondary N) is 7. The van der Waals surface area contributed by atoms with Gasteiger partial charge in [0.25, 0.3) is 0 Å². The number of amides is 7. The molecule has 0 radical (unpaired) electrons. The molecule has 1 saturated heterocycles. The van der Waals surface area contributed by atoms with Gasteiger partial charge in [-0.05, 0) is 31.7 Å². The van der Waals surface area contributed by atoms with Gasteiger partial charge in [-0.3, -0.25) is 38.4 Å². The molecule has 1 heterocycles. The van der Waals surface area contributed by atoms with Gasteiger partial charge in [0.1, 0.15) is 18.6 Å². The van der Waals surface area contributed by atoms with Gasteiger partial charge in [-0.15, -0.1) is 0 Å². The van der Waals surface area contributed by atoms with Crippen molar-refractivity contribution >= 4 is 47.3 Å². The Morgan fingerprint density at radius 1 is 0.854 bits per heavy atom. The quantitative estimate of drug-likeness (QED) is 0.0746. The highest BCUT2D eigenvalue weighted by atomic mass is 16.4. The Morgan fingerprint density at radius 3 is 1.90 bits per heavy atom. The first kappa shape index (κ1) is 34.7. The molecule has 1 fully saturated rings.